The van der Waals surface area contributed by atoms with Crippen molar-refractivity contribution in [3.8, 4) is 0 Å². The van der Waals surface area contributed by atoms with Gasteiger partial charge in [-0.1, -0.05) is 6.92 Å². The molecule has 3 unspecified atom stereocenters. The molecule has 0 aliphatic heterocycles. The lowest BCUT2D eigenvalue weighted by Gasteiger charge is -2.38. The maximum atomic E-state index is 9.38. The van der Waals surface area contributed by atoms with E-state index in [2.05, 4.69) is 25.1 Å². The summed E-state index contributed by atoms with van der Waals surface area (Å²) in [5.41, 5.74) is 1.28. The first-order valence-corrected chi connectivity index (χ1v) is 4.92. The van der Waals surface area contributed by atoms with Crippen molar-refractivity contribution in [1.29, 1.82) is 0 Å². The van der Waals surface area contributed by atoms with Gasteiger partial charge in [-0.15, -0.1) is 0 Å². The standard InChI is InChI=1S/C10H16N2O/c1-3-12-6-8(5-11-12)9-4-10(13)7(9)2/h5-7,9-10,13H,3-4H2,1-2H3. The monoisotopic (exact) mass is 180 g/mol. The smallest absolute Gasteiger partial charge is 0.0577 e. The number of aliphatic hydroxyl groups is 1. The van der Waals surface area contributed by atoms with E-state index in [1.807, 2.05) is 10.9 Å². The summed E-state index contributed by atoms with van der Waals surface area (Å²) in [6.45, 7) is 5.10. The lowest BCUT2D eigenvalue weighted by atomic mass is 9.69. The van der Waals surface area contributed by atoms with Crippen molar-refractivity contribution in [1.82, 2.24) is 9.78 Å². The van der Waals surface area contributed by atoms with Crippen molar-refractivity contribution >= 4 is 0 Å². The van der Waals surface area contributed by atoms with Crippen molar-refractivity contribution in [2.45, 2.75) is 38.8 Å². The van der Waals surface area contributed by atoms with Crippen LogP contribution < -0.4 is 0 Å². The fraction of sp³-hybridized carbons (Fsp3) is 0.700. The minimum Gasteiger partial charge on any atom is -0.393 e. The minimum atomic E-state index is -0.102. The van der Waals surface area contributed by atoms with Gasteiger partial charge in [0.05, 0.1) is 12.3 Å². The van der Waals surface area contributed by atoms with Crippen molar-refractivity contribution in [2.24, 2.45) is 5.92 Å². The number of aryl methyl sites for hydroxylation is 1. The molecule has 3 nitrogen and oxygen atoms in total. The summed E-state index contributed by atoms with van der Waals surface area (Å²) >= 11 is 0. The van der Waals surface area contributed by atoms with E-state index >= 15 is 0 Å². The molecule has 13 heavy (non-hydrogen) atoms. The largest absolute Gasteiger partial charge is 0.393 e. The maximum absolute atomic E-state index is 9.38. The van der Waals surface area contributed by atoms with Gasteiger partial charge in [-0.25, -0.2) is 0 Å². The molecule has 1 aromatic rings. The van der Waals surface area contributed by atoms with Crippen molar-refractivity contribution in [3.63, 3.8) is 0 Å². The van der Waals surface area contributed by atoms with Gasteiger partial charge in [0, 0.05) is 12.7 Å². The minimum absolute atomic E-state index is 0.102. The predicted octanol–water partition coefficient (Wildman–Crippen LogP) is 1.39. The lowest BCUT2D eigenvalue weighted by Crippen LogP contribution is -2.37. The molecule has 3 atom stereocenters. The molecule has 0 amide bonds. The van der Waals surface area contributed by atoms with Crippen LogP contribution in [0.3, 0.4) is 0 Å². The Kier molecular flexibility index (Phi) is 2.12. The summed E-state index contributed by atoms with van der Waals surface area (Å²) in [5, 5.41) is 13.6. The quantitative estimate of drug-likeness (QED) is 0.746. The fourth-order valence-corrected chi connectivity index (χ4v) is 1.95. The molecule has 0 spiro atoms. The van der Waals surface area contributed by atoms with E-state index in [9.17, 15) is 5.11 Å². The van der Waals surface area contributed by atoms with E-state index in [1.54, 1.807) is 0 Å². The van der Waals surface area contributed by atoms with Crippen LogP contribution in [0, 0.1) is 5.92 Å². The van der Waals surface area contributed by atoms with Crippen molar-refractivity contribution < 1.29 is 5.11 Å². The molecule has 1 N–H and O–H groups in total. The number of aliphatic hydroxyl groups excluding tert-OH is 1. The summed E-state index contributed by atoms with van der Waals surface area (Å²) in [4.78, 5) is 0. The second kappa shape index (κ2) is 3.14. The Balaban J connectivity index is 2.09. The molecule has 0 radical (unpaired) electrons. The average Bonchev–Trinajstić information content (AvgIpc) is 2.61. The Labute approximate surface area is 78.4 Å². The summed E-state index contributed by atoms with van der Waals surface area (Å²) in [7, 11) is 0. The van der Waals surface area contributed by atoms with E-state index in [0.717, 1.165) is 13.0 Å². The topological polar surface area (TPSA) is 38.0 Å². The van der Waals surface area contributed by atoms with Crippen molar-refractivity contribution in [2.75, 3.05) is 0 Å². The van der Waals surface area contributed by atoms with Crippen LogP contribution in [0.1, 0.15) is 31.7 Å². The summed E-state index contributed by atoms with van der Waals surface area (Å²) in [6.07, 6.45) is 4.81. The van der Waals surface area contributed by atoms with Gasteiger partial charge in [0.2, 0.25) is 0 Å². The van der Waals surface area contributed by atoms with E-state index in [-0.39, 0.29) is 6.10 Å². The van der Waals surface area contributed by atoms with Gasteiger partial charge in [0.1, 0.15) is 0 Å². The molecule has 3 heteroatoms. The van der Waals surface area contributed by atoms with Crippen LogP contribution in [0.15, 0.2) is 12.4 Å². The van der Waals surface area contributed by atoms with Gasteiger partial charge in [-0.05, 0) is 30.7 Å². The second-order valence-corrected chi connectivity index (χ2v) is 3.90. The fourth-order valence-electron chi connectivity index (χ4n) is 1.95. The number of rotatable bonds is 2. The Morgan fingerprint density at radius 3 is 2.92 bits per heavy atom. The third-order valence-electron chi connectivity index (χ3n) is 3.14. The SMILES string of the molecule is CCn1cc(C2CC(O)C2C)cn1. The molecule has 0 bridgehead atoms. The number of hydrogen-bond donors (Lipinski definition) is 1. The molecule has 0 aromatic carbocycles. The van der Waals surface area contributed by atoms with Gasteiger partial charge < -0.3 is 5.11 Å². The number of nitrogens with zero attached hydrogens (tertiary/aromatic N) is 2. The van der Waals surface area contributed by atoms with Gasteiger partial charge in [-0.3, -0.25) is 4.68 Å². The molecule has 1 heterocycles. The molecule has 72 valence electrons. The van der Waals surface area contributed by atoms with E-state index in [4.69, 9.17) is 0 Å². The summed E-state index contributed by atoms with van der Waals surface area (Å²) in [5.74, 6) is 0.921. The molecular weight excluding hydrogens is 164 g/mol. The number of hydrogen-bond acceptors (Lipinski definition) is 2. The molecule has 1 aliphatic carbocycles. The van der Waals surface area contributed by atoms with E-state index < -0.39 is 0 Å². The Hall–Kier alpha value is -0.830. The van der Waals surface area contributed by atoms with E-state index in [0.29, 0.717) is 11.8 Å². The molecule has 0 saturated heterocycles. The second-order valence-electron chi connectivity index (χ2n) is 3.90. The molecule has 1 fully saturated rings. The molecule has 1 aromatic heterocycles. The maximum Gasteiger partial charge on any atom is 0.0577 e. The van der Waals surface area contributed by atoms with Crippen LogP contribution in [-0.4, -0.2) is 21.0 Å². The van der Waals surface area contributed by atoms with Gasteiger partial charge in [0.25, 0.3) is 0 Å². The van der Waals surface area contributed by atoms with Crippen LogP contribution in [0.5, 0.6) is 0 Å². The first kappa shape index (κ1) is 8.75. The zero-order valence-corrected chi connectivity index (χ0v) is 8.14. The van der Waals surface area contributed by atoms with Crippen LogP contribution in [0.4, 0.5) is 0 Å². The molecule has 2 rings (SSSR count). The average molecular weight is 180 g/mol. The highest BCUT2D eigenvalue weighted by molar-refractivity contribution is 5.17. The predicted molar refractivity (Wildman–Crippen MR) is 50.4 cm³/mol. The molecular formula is C10H16N2O. The third-order valence-corrected chi connectivity index (χ3v) is 3.14. The molecule has 1 aliphatic rings. The summed E-state index contributed by atoms with van der Waals surface area (Å²) in [6, 6.07) is 0. The van der Waals surface area contributed by atoms with Crippen LogP contribution >= 0.6 is 0 Å². The van der Waals surface area contributed by atoms with Crippen molar-refractivity contribution in [3.05, 3.63) is 18.0 Å². The van der Waals surface area contributed by atoms with E-state index in [1.165, 1.54) is 5.56 Å². The van der Waals surface area contributed by atoms with Gasteiger partial charge >= 0.3 is 0 Å². The van der Waals surface area contributed by atoms with Crippen LogP contribution in [-0.2, 0) is 6.54 Å². The lowest BCUT2D eigenvalue weighted by molar-refractivity contribution is 0.0117. The first-order valence-electron chi connectivity index (χ1n) is 4.92. The Bertz CT molecular complexity index is 295. The highest BCUT2D eigenvalue weighted by atomic mass is 16.3. The number of aromatic nitrogens is 2. The van der Waals surface area contributed by atoms with Crippen LogP contribution in [0.25, 0.3) is 0 Å². The first-order chi connectivity index (χ1) is 6.22. The van der Waals surface area contributed by atoms with Gasteiger partial charge in [0.15, 0.2) is 0 Å². The van der Waals surface area contributed by atoms with Gasteiger partial charge in [-0.2, -0.15) is 5.10 Å². The zero-order chi connectivity index (χ0) is 9.42. The Morgan fingerprint density at radius 2 is 2.46 bits per heavy atom. The zero-order valence-electron chi connectivity index (χ0n) is 8.14. The highest BCUT2D eigenvalue weighted by Gasteiger charge is 2.37. The third kappa shape index (κ3) is 1.37. The summed E-state index contributed by atoms with van der Waals surface area (Å²) < 4.78 is 1.94. The van der Waals surface area contributed by atoms with Crippen LogP contribution in [0.2, 0.25) is 0 Å². The molecule has 1 saturated carbocycles. The normalized spacial score (nSPS) is 33.0. The Morgan fingerprint density at radius 1 is 1.69 bits per heavy atom. The highest BCUT2D eigenvalue weighted by Crippen LogP contribution is 2.41.